The number of carbonyl (C=O) groups excluding carboxylic acids is 1. The Bertz CT molecular complexity index is 753. The van der Waals surface area contributed by atoms with Gasteiger partial charge in [-0.25, -0.2) is 0 Å². The van der Waals surface area contributed by atoms with Crippen molar-refractivity contribution in [1.82, 2.24) is 10.2 Å². The summed E-state index contributed by atoms with van der Waals surface area (Å²) in [5.41, 5.74) is 3.81. The van der Waals surface area contributed by atoms with Crippen molar-refractivity contribution in [2.75, 3.05) is 31.1 Å². The van der Waals surface area contributed by atoms with Crippen LogP contribution in [0.1, 0.15) is 43.9 Å². The highest BCUT2D eigenvalue weighted by Gasteiger charge is 2.27. The fraction of sp³-hybridized carbons (Fsp3) is 0.458. The Morgan fingerprint density at radius 3 is 2.29 bits per heavy atom. The zero-order chi connectivity index (χ0) is 19.9. The standard InChI is InChI=1S/C24H33N3O/c1-4-10-22(21-12-6-5-7-13-21)25-24(28)20(3)26-15-17-27(18-16-26)23-14-9-8-11-19(23)2/h5-9,11-14,20,22H,4,10,15-18H2,1-3H3,(H,25,28)/t20-,22-/m0/s1. The van der Waals surface area contributed by atoms with Gasteiger partial charge in [0, 0.05) is 31.9 Å². The molecule has 1 amide bonds. The van der Waals surface area contributed by atoms with Crippen molar-refractivity contribution in [2.45, 2.75) is 45.7 Å². The van der Waals surface area contributed by atoms with Crippen LogP contribution in [0.4, 0.5) is 5.69 Å². The topological polar surface area (TPSA) is 35.6 Å². The number of piperazine rings is 1. The number of rotatable bonds is 7. The van der Waals surface area contributed by atoms with E-state index in [4.69, 9.17) is 0 Å². The molecule has 0 saturated carbocycles. The predicted molar refractivity (Wildman–Crippen MR) is 117 cm³/mol. The number of nitrogens with one attached hydrogen (secondary N) is 1. The monoisotopic (exact) mass is 379 g/mol. The molecule has 4 nitrogen and oxygen atoms in total. The minimum atomic E-state index is -0.109. The maximum absolute atomic E-state index is 12.9. The fourth-order valence-electron chi connectivity index (χ4n) is 4.02. The normalized spacial score (nSPS) is 17.2. The molecule has 3 rings (SSSR count). The molecule has 1 N–H and O–H groups in total. The Labute approximate surface area is 169 Å². The van der Waals surface area contributed by atoms with Gasteiger partial charge in [0.15, 0.2) is 0 Å². The summed E-state index contributed by atoms with van der Waals surface area (Å²) in [6.45, 7) is 10.1. The largest absolute Gasteiger partial charge is 0.369 e. The van der Waals surface area contributed by atoms with Crippen LogP contribution in [0.2, 0.25) is 0 Å². The molecule has 0 bridgehead atoms. The number of hydrogen-bond donors (Lipinski definition) is 1. The van der Waals surface area contributed by atoms with Gasteiger partial charge in [0.1, 0.15) is 0 Å². The Balaban J connectivity index is 1.57. The van der Waals surface area contributed by atoms with Gasteiger partial charge in [0.05, 0.1) is 12.1 Å². The first-order valence-electron chi connectivity index (χ1n) is 10.5. The SMILES string of the molecule is CCC[C@H](NC(=O)[C@H](C)N1CCN(c2ccccc2C)CC1)c1ccccc1. The molecule has 0 aliphatic carbocycles. The lowest BCUT2D eigenvalue weighted by Crippen LogP contribution is -2.54. The Kier molecular flexibility index (Phi) is 7.10. The molecule has 1 heterocycles. The van der Waals surface area contributed by atoms with Crippen molar-refractivity contribution < 1.29 is 4.79 Å². The molecule has 1 fully saturated rings. The number of aryl methyl sites for hydroxylation is 1. The van der Waals surface area contributed by atoms with Gasteiger partial charge in [0.25, 0.3) is 0 Å². The van der Waals surface area contributed by atoms with Crippen LogP contribution < -0.4 is 10.2 Å². The Morgan fingerprint density at radius 2 is 1.64 bits per heavy atom. The van der Waals surface area contributed by atoms with Gasteiger partial charge < -0.3 is 10.2 Å². The minimum Gasteiger partial charge on any atom is -0.369 e. The van der Waals surface area contributed by atoms with Crippen LogP contribution in [0.25, 0.3) is 0 Å². The number of para-hydroxylation sites is 1. The van der Waals surface area contributed by atoms with E-state index in [1.807, 2.05) is 25.1 Å². The van der Waals surface area contributed by atoms with Gasteiger partial charge in [-0.1, -0.05) is 61.9 Å². The lowest BCUT2D eigenvalue weighted by molar-refractivity contribution is -0.126. The van der Waals surface area contributed by atoms with Crippen LogP contribution in [0, 0.1) is 6.92 Å². The predicted octanol–water partition coefficient (Wildman–Crippen LogP) is 4.16. The number of benzene rings is 2. The number of nitrogens with zero attached hydrogens (tertiary/aromatic N) is 2. The van der Waals surface area contributed by atoms with Crippen LogP contribution in [-0.2, 0) is 4.79 Å². The Morgan fingerprint density at radius 1 is 1.00 bits per heavy atom. The van der Waals surface area contributed by atoms with E-state index in [1.165, 1.54) is 16.8 Å². The summed E-state index contributed by atoms with van der Waals surface area (Å²) >= 11 is 0. The summed E-state index contributed by atoms with van der Waals surface area (Å²) in [7, 11) is 0. The molecule has 4 heteroatoms. The van der Waals surface area contributed by atoms with E-state index in [9.17, 15) is 4.79 Å². The third kappa shape index (κ3) is 4.93. The van der Waals surface area contributed by atoms with E-state index in [1.54, 1.807) is 0 Å². The molecule has 0 spiro atoms. The molecule has 28 heavy (non-hydrogen) atoms. The van der Waals surface area contributed by atoms with E-state index >= 15 is 0 Å². The fourth-order valence-corrected chi connectivity index (χ4v) is 4.02. The number of carbonyl (C=O) groups is 1. The van der Waals surface area contributed by atoms with E-state index in [-0.39, 0.29) is 18.0 Å². The highest BCUT2D eigenvalue weighted by Crippen LogP contribution is 2.22. The van der Waals surface area contributed by atoms with Crippen molar-refractivity contribution in [2.24, 2.45) is 0 Å². The van der Waals surface area contributed by atoms with Crippen LogP contribution in [0.15, 0.2) is 54.6 Å². The number of hydrogen-bond acceptors (Lipinski definition) is 3. The maximum atomic E-state index is 12.9. The first kappa shape index (κ1) is 20.4. The van der Waals surface area contributed by atoms with Gasteiger partial charge >= 0.3 is 0 Å². The zero-order valence-corrected chi connectivity index (χ0v) is 17.4. The van der Waals surface area contributed by atoms with Crippen LogP contribution in [0.3, 0.4) is 0 Å². The molecule has 1 aliphatic rings. The van der Waals surface area contributed by atoms with E-state index in [0.717, 1.165) is 39.0 Å². The molecule has 0 unspecified atom stereocenters. The van der Waals surface area contributed by atoms with Gasteiger partial charge in [-0.2, -0.15) is 0 Å². The summed E-state index contributed by atoms with van der Waals surface area (Å²) in [6, 6.07) is 18.8. The molecule has 0 aromatic heterocycles. The zero-order valence-electron chi connectivity index (χ0n) is 17.4. The highest BCUT2D eigenvalue weighted by atomic mass is 16.2. The molecule has 2 aromatic rings. The molecule has 1 saturated heterocycles. The van der Waals surface area contributed by atoms with E-state index < -0.39 is 0 Å². The molecular formula is C24H33N3O. The second kappa shape index (κ2) is 9.74. The van der Waals surface area contributed by atoms with Crippen LogP contribution in [-0.4, -0.2) is 43.0 Å². The van der Waals surface area contributed by atoms with Crippen LogP contribution in [0.5, 0.6) is 0 Å². The van der Waals surface area contributed by atoms with Gasteiger partial charge in [0.2, 0.25) is 5.91 Å². The van der Waals surface area contributed by atoms with Gasteiger partial charge in [-0.05, 0) is 37.5 Å². The summed E-state index contributed by atoms with van der Waals surface area (Å²) in [5, 5.41) is 3.29. The van der Waals surface area contributed by atoms with Crippen molar-refractivity contribution in [3.63, 3.8) is 0 Å². The third-order valence-corrected chi connectivity index (χ3v) is 5.79. The maximum Gasteiger partial charge on any atom is 0.237 e. The highest BCUT2D eigenvalue weighted by molar-refractivity contribution is 5.81. The van der Waals surface area contributed by atoms with E-state index in [0.29, 0.717) is 0 Å². The van der Waals surface area contributed by atoms with Crippen molar-refractivity contribution in [3.8, 4) is 0 Å². The minimum absolute atomic E-state index is 0.0920. The van der Waals surface area contributed by atoms with Gasteiger partial charge in [-0.3, -0.25) is 9.69 Å². The van der Waals surface area contributed by atoms with E-state index in [2.05, 4.69) is 65.4 Å². The quantitative estimate of drug-likeness (QED) is 0.784. The average Bonchev–Trinajstić information content (AvgIpc) is 2.74. The lowest BCUT2D eigenvalue weighted by atomic mass is 10.0. The lowest BCUT2D eigenvalue weighted by Gasteiger charge is -2.39. The van der Waals surface area contributed by atoms with Crippen LogP contribution >= 0.6 is 0 Å². The summed E-state index contributed by atoms with van der Waals surface area (Å²) in [6.07, 6.45) is 2.01. The smallest absolute Gasteiger partial charge is 0.237 e. The van der Waals surface area contributed by atoms with Gasteiger partial charge in [-0.15, -0.1) is 0 Å². The molecule has 150 valence electrons. The second-order valence-electron chi connectivity index (χ2n) is 7.75. The molecule has 2 atom stereocenters. The summed E-state index contributed by atoms with van der Waals surface area (Å²) in [5.74, 6) is 0.131. The molecule has 0 radical (unpaired) electrons. The Hall–Kier alpha value is -2.33. The third-order valence-electron chi connectivity index (χ3n) is 5.79. The van der Waals surface area contributed by atoms with Crippen molar-refractivity contribution in [3.05, 3.63) is 65.7 Å². The molecular weight excluding hydrogens is 346 g/mol. The first-order chi connectivity index (χ1) is 13.6. The number of amides is 1. The van der Waals surface area contributed by atoms with Crippen molar-refractivity contribution >= 4 is 11.6 Å². The summed E-state index contributed by atoms with van der Waals surface area (Å²) < 4.78 is 0. The first-order valence-corrected chi connectivity index (χ1v) is 10.5. The number of anilines is 1. The molecule has 1 aliphatic heterocycles. The van der Waals surface area contributed by atoms with Crippen molar-refractivity contribution in [1.29, 1.82) is 0 Å². The second-order valence-corrected chi connectivity index (χ2v) is 7.75. The average molecular weight is 380 g/mol. The summed E-state index contributed by atoms with van der Waals surface area (Å²) in [4.78, 5) is 17.7. The molecule has 2 aromatic carbocycles.